The van der Waals surface area contributed by atoms with Crippen molar-refractivity contribution in [2.75, 3.05) is 38.5 Å². The standard InChI is InChI=1S/C24H39N3O3S/c1-4-5-8-17-31(29,30)27-15-13-26(14-16-27)24(11-6-7-12-24)19-25-23(28)22-10-9-20(2)21(3)18-22/h9-10,18H,4-8,11-17,19H2,1-3H3,(H,25,28). The van der Waals surface area contributed by atoms with E-state index >= 15 is 0 Å². The first-order chi connectivity index (χ1) is 14.8. The lowest BCUT2D eigenvalue weighted by Gasteiger charge is -2.45. The van der Waals surface area contributed by atoms with Gasteiger partial charge in [0.15, 0.2) is 0 Å². The number of hydrogen-bond donors (Lipinski definition) is 1. The Labute approximate surface area is 188 Å². The second-order valence-electron chi connectivity index (χ2n) is 9.32. The topological polar surface area (TPSA) is 69.7 Å². The molecule has 3 rings (SSSR count). The van der Waals surface area contributed by atoms with Gasteiger partial charge in [0.25, 0.3) is 5.91 Å². The van der Waals surface area contributed by atoms with Crippen molar-refractivity contribution in [2.24, 2.45) is 0 Å². The van der Waals surface area contributed by atoms with Crippen LogP contribution in [0, 0.1) is 13.8 Å². The van der Waals surface area contributed by atoms with E-state index < -0.39 is 10.0 Å². The van der Waals surface area contributed by atoms with E-state index in [-0.39, 0.29) is 17.2 Å². The van der Waals surface area contributed by atoms with Crippen LogP contribution >= 0.6 is 0 Å². The number of benzene rings is 1. The number of carbonyl (C=O) groups excluding carboxylic acids is 1. The van der Waals surface area contributed by atoms with Gasteiger partial charge in [-0.2, -0.15) is 4.31 Å². The van der Waals surface area contributed by atoms with Crippen molar-refractivity contribution in [1.29, 1.82) is 0 Å². The van der Waals surface area contributed by atoms with Gasteiger partial charge in [0, 0.05) is 43.8 Å². The fourth-order valence-electron chi connectivity index (χ4n) is 4.97. The zero-order valence-electron chi connectivity index (χ0n) is 19.5. The zero-order valence-corrected chi connectivity index (χ0v) is 20.3. The first-order valence-electron chi connectivity index (χ1n) is 11.9. The maximum Gasteiger partial charge on any atom is 0.251 e. The van der Waals surface area contributed by atoms with Gasteiger partial charge in [-0.05, 0) is 56.4 Å². The second-order valence-corrected chi connectivity index (χ2v) is 11.4. The van der Waals surface area contributed by atoms with Gasteiger partial charge in [-0.3, -0.25) is 9.69 Å². The molecule has 0 aromatic heterocycles. The van der Waals surface area contributed by atoms with Crippen molar-refractivity contribution in [3.8, 4) is 0 Å². The van der Waals surface area contributed by atoms with E-state index in [0.29, 0.717) is 25.2 Å². The largest absolute Gasteiger partial charge is 0.350 e. The number of rotatable bonds is 9. The normalized spacial score (nSPS) is 20.1. The van der Waals surface area contributed by atoms with Gasteiger partial charge >= 0.3 is 0 Å². The summed E-state index contributed by atoms with van der Waals surface area (Å²) in [6, 6.07) is 5.84. The van der Waals surface area contributed by atoms with Gasteiger partial charge in [0.2, 0.25) is 10.0 Å². The number of unbranched alkanes of at least 4 members (excludes halogenated alkanes) is 2. The summed E-state index contributed by atoms with van der Waals surface area (Å²) >= 11 is 0. The fraction of sp³-hybridized carbons (Fsp3) is 0.708. The van der Waals surface area contributed by atoms with Gasteiger partial charge in [0.05, 0.1) is 5.75 Å². The average Bonchev–Trinajstić information content (AvgIpc) is 3.24. The molecule has 0 unspecified atom stereocenters. The van der Waals surface area contributed by atoms with E-state index in [1.54, 1.807) is 4.31 Å². The maximum absolute atomic E-state index is 12.8. The Morgan fingerprint density at radius 2 is 1.71 bits per heavy atom. The van der Waals surface area contributed by atoms with Crippen molar-refractivity contribution < 1.29 is 13.2 Å². The summed E-state index contributed by atoms with van der Waals surface area (Å²) in [6.45, 7) is 9.39. The fourth-order valence-corrected chi connectivity index (χ4v) is 6.52. The molecule has 1 aliphatic carbocycles. The third-order valence-corrected chi connectivity index (χ3v) is 9.15. The first-order valence-corrected chi connectivity index (χ1v) is 13.5. The highest BCUT2D eigenvalue weighted by atomic mass is 32.2. The summed E-state index contributed by atoms with van der Waals surface area (Å²) in [6.07, 6.45) is 7.17. The molecule has 174 valence electrons. The molecule has 6 nitrogen and oxygen atoms in total. The Hall–Kier alpha value is -1.44. The van der Waals surface area contributed by atoms with Crippen molar-refractivity contribution in [3.05, 3.63) is 34.9 Å². The molecule has 31 heavy (non-hydrogen) atoms. The Bertz CT molecular complexity index is 855. The number of nitrogens with one attached hydrogen (secondary N) is 1. The molecule has 2 fully saturated rings. The lowest BCUT2D eigenvalue weighted by atomic mass is 9.93. The molecule has 0 bridgehead atoms. The summed E-state index contributed by atoms with van der Waals surface area (Å²) in [5.74, 6) is 0.240. The lowest BCUT2D eigenvalue weighted by molar-refractivity contribution is 0.0540. The van der Waals surface area contributed by atoms with Crippen LogP contribution in [-0.2, 0) is 10.0 Å². The molecule has 1 aromatic rings. The van der Waals surface area contributed by atoms with E-state index in [1.807, 2.05) is 32.0 Å². The van der Waals surface area contributed by atoms with E-state index in [2.05, 4.69) is 17.1 Å². The summed E-state index contributed by atoms with van der Waals surface area (Å²) in [7, 11) is -3.15. The molecular formula is C24H39N3O3S. The number of amides is 1. The number of hydrogen-bond acceptors (Lipinski definition) is 4. The highest BCUT2D eigenvalue weighted by Gasteiger charge is 2.42. The van der Waals surface area contributed by atoms with E-state index in [0.717, 1.165) is 63.6 Å². The predicted molar refractivity (Wildman–Crippen MR) is 126 cm³/mol. The molecule has 1 saturated heterocycles. The van der Waals surface area contributed by atoms with Crippen molar-refractivity contribution in [2.45, 2.75) is 71.3 Å². The molecule has 2 aliphatic rings. The van der Waals surface area contributed by atoms with Crippen molar-refractivity contribution in [3.63, 3.8) is 0 Å². The maximum atomic E-state index is 12.8. The third-order valence-electron chi connectivity index (χ3n) is 7.19. The van der Waals surface area contributed by atoms with Gasteiger partial charge < -0.3 is 5.32 Å². The van der Waals surface area contributed by atoms with Crippen LogP contribution in [0.25, 0.3) is 0 Å². The molecule has 1 aliphatic heterocycles. The summed E-state index contributed by atoms with van der Waals surface area (Å²) in [5, 5.41) is 3.19. The summed E-state index contributed by atoms with van der Waals surface area (Å²) in [5.41, 5.74) is 2.97. The van der Waals surface area contributed by atoms with Crippen molar-refractivity contribution >= 4 is 15.9 Å². The Kier molecular flexibility index (Phi) is 8.16. The van der Waals surface area contributed by atoms with Gasteiger partial charge in [-0.1, -0.05) is 38.7 Å². The van der Waals surface area contributed by atoms with E-state index in [1.165, 1.54) is 5.56 Å². The SMILES string of the molecule is CCCCCS(=O)(=O)N1CCN(C2(CNC(=O)c3ccc(C)c(C)c3)CCCC2)CC1. The van der Waals surface area contributed by atoms with Crippen LogP contribution in [0.4, 0.5) is 0 Å². The monoisotopic (exact) mass is 449 g/mol. The molecule has 1 saturated carbocycles. The molecule has 0 spiro atoms. The molecular weight excluding hydrogens is 410 g/mol. The van der Waals surface area contributed by atoms with Crippen LogP contribution < -0.4 is 5.32 Å². The molecule has 0 radical (unpaired) electrons. The minimum Gasteiger partial charge on any atom is -0.350 e. The number of carbonyl (C=O) groups is 1. The van der Waals surface area contributed by atoms with Gasteiger partial charge in [-0.25, -0.2) is 8.42 Å². The molecule has 1 amide bonds. The number of nitrogens with zero attached hydrogens (tertiary/aromatic N) is 2. The molecule has 1 aromatic carbocycles. The Balaban J connectivity index is 1.59. The van der Waals surface area contributed by atoms with Gasteiger partial charge in [0.1, 0.15) is 0 Å². The Morgan fingerprint density at radius 3 is 2.32 bits per heavy atom. The predicted octanol–water partition coefficient (Wildman–Crippen LogP) is 3.48. The highest BCUT2D eigenvalue weighted by molar-refractivity contribution is 7.89. The average molecular weight is 450 g/mol. The van der Waals surface area contributed by atoms with Crippen LogP contribution in [0.15, 0.2) is 18.2 Å². The van der Waals surface area contributed by atoms with Crippen LogP contribution in [0.1, 0.15) is 73.4 Å². The van der Waals surface area contributed by atoms with Crippen LogP contribution in [-0.4, -0.2) is 67.5 Å². The van der Waals surface area contributed by atoms with Gasteiger partial charge in [-0.15, -0.1) is 0 Å². The quantitative estimate of drug-likeness (QED) is 0.586. The minimum absolute atomic E-state index is 0.0217. The van der Waals surface area contributed by atoms with Crippen molar-refractivity contribution in [1.82, 2.24) is 14.5 Å². The van der Waals surface area contributed by atoms with E-state index in [9.17, 15) is 13.2 Å². The zero-order chi connectivity index (χ0) is 22.5. The lowest BCUT2D eigenvalue weighted by Crippen LogP contribution is -2.60. The Morgan fingerprint density at radius 1 is 1.03 bits per heavy atom. The molecule has 7 heteroatoms. The number of piperazine rings is 1. The summed E-state index contributed by atoms with van der Waals surface area (Å²) in [4.78, 5) is 15.2. The van der Waals surface area contributed by atoms with Crippen LogP contribution in [0.3, 0.4) is 0 Å². The first kappa shape index (κ1) is 24.2. The number of sulfonamides is 1. The van der Waals surface area contributed by atoms with Crippen LogP contribution in [0.2, 0.25) is 0 Å². The smallest absolute Gasteiger partial charge is 0.251 e. The molecule has 0 atom stereocenters. The highest BCUT2D eigenvalue weighted by Crippen LogP contribution is 2.36. The third kappa shape index (κ3) is 5.88. The number of aryl methyl sites for hydroxylation is 2. The molecule has 1 heterocycles. The summed E-state index contributed by atoms with van der Waals surface area (Å²) < 4.78 is 27.0. The minimum atomic E-state index is -3.15. The second kappa shape index (κ2) is 10.5. The molecule has 1 N–H and O–H groups in total. The van der Waals surface area contributed by atoms with E-state index in [4.69, 9.17) is 0 Å². The van der Waals surface area contributed by atoms with Crippen LogP contribution in [0.5, 0.6) is 0 Å².